The highest BCUT2D eigenvalue weighted by molar-refractivity contribution is 7.99. The Morgan fingerprint density at radius 2 is 1.94 bits per heavy atom. The maximum Gasteiger partial charge on any atom is 0.263 e. The molecule has 0 aliphatic heterocycles. The van der Waals surface area contributed by atoms with Crippen LogP contribution in [0.2, 0.25) is 0 Å². The summed E-state index contributed by atoms with van der Waals surface area (Å²) in [6, 6.07) is 8.47. The van der Waals surface area contributed by atoms with Crippen molar-refractivity contribution in [2.75, 3.05) is 5.75 Å². The molecule has 1 amide bonds. The molecule has 2 aromatic heterocycles. The second kappa shape index (κ2) is 10.4. The zero-order chi connectivity index (χ0) is 23.5. The van der Waals surface area contributed by atoms with E-state index in [1.54, 1.807) is 15.9 Å². The third-order valence-corrected chi connectivity index (χ3v) is 8.99. The summed E-state index contributed by atoms with van der Waals surface area (Å²) in [5, 5.41) is 4.55. The molecule has 5 nitrogen and oxygen atoms in total. The van der Waals surface area contributed by atoms with Crippen LogP contribution in [-0.4, -0.2) is 27.3 Å². The number of carbonyl (C=O) groups excluding carboxylic acids is 1. The summed E-state index contributed by atoms with van der Waals surface area (Å²) in [4.78, 5) is 33.2. The van der Waals surface area contributed by atoms with Gasteiger partial charge in [0.25, 0.3) is 5.56 Å². The summed E-state index contributed by atoms with van der Waals surface area (Å²) >= 11 is 2.96. The second-order valence-corrected chi connectivity index (χ2v) is 11.2. The Bertz CT molecular complexity index is 1200. The first-order valence-electron chi connectivity index (χ1n) is 11.9. The lowest BCUT2D eigenvalue weighted by Crippen LogP contribution is -2.42. The van der Waals surface area contributed by atoms with Crippen molar-refractivity contribution < 1.29 is 4.79 Å². The maximum atomic E-state index is 13.6. The van der Waals surface area contributed by atoms with E-state index in [9.17, 15) is 9.59 Å². The molecule has 0 saturated heterocycles. The molecular weight excluding hydrogens is 450 g/mol. The van der Waals surface area contributed by atoms with Crippen LogP contribution in [0.1, 0.15) is 61.1 Å². The molecular formula is C26H33N3O2S2. The number of aromatic nitrogens is 2. The van der Waals surface area contributed by atoms with Gasteiger partial charge in [0.15, 0.2) is 5.16 Å². The molecule has 7 heteroatoms. The van der Waals surface area contributed by atoms with Gasteiger partial charge in [0.2, 0.25) is 5.91 Å². The van der Waals surface area contributed by atoms with E-state index in [2.05, 4.69) is 50.4 Å². The maximum absolute atomic E-state index is 13.6. The van der Waals surface area contributed by atoms with Gasteiger partial charge in [-0.25, -0.2) is 4.98 Å². The number of amides is 1. The van der Waals surface area contributed by atoms with Crippen LogP contribution in [0.3, 0.4) is 0 Å². The third-order valence-electron chi connectivity index (χ3n) is 6.69. The quantitative estimate of drug-likeness (QED) is 0.357. The lowest BCUT2D eigenvalue weighted by atomic mass is 9.86. The number of rotatable bonds is 7. The van der Waals surface area contributed by atoms with Crippen molar-refractivity contribution in [1.29, 1.82) is 0 Å². The normalized spacial score (nSPS) is 18.5. The van der Waals surface area contributed by atoms with Crippen LogP contribution in [0, 0.1) is 19.8 Å². The highest BCUT2D eigenvalue weighted by Gasteiger charge is 2.23. The molecule has 2 heterocycles. The Kier molecular flexibility index (Phi) is 7.59. The summed E-state index contributed by atoms with van der Waals surface area (Å²) in [7, 11) is 0. The molecule has 1 saturated carbocycles. The van der Waals surface area contributed by atoms with Crippen molar-refractivity contribution in [2.45, 2.75) is 77.5 Å². The van der Waals surface area contributed by atoms with E-state index in [-0.39, 0.29) is 23.3 Å². The lowest BCUT2D eigenvalue weighted by Gasteiger charge is -2.29. The number of nitrogens with one attached hydrogen (secondary N) is 1. The van der Waals surface area contributed by atoms with E-state index in [1.165, 1.54) is 41.5 Å². The number of hydrogen-bond donors (Lipinski definition) is 1. The number of carbonyl (C=O) groups is 1. The number of fused-ring (bicyclic) bond motifs is 1. The van der Waals surface area contributed by atoms with E-state index in [1.807, 2.05) is 6.92 Å². The Balaban J connectivity index is 1.62. The highest BCUT2D eigenvalue weighted by Crippen LogP contribution is 2.30. The molecule has 1 N–H and O–H groups in total. The van der Waals surface area contributed by atoms with E-state index in [0.29, 0.717) is 23.0 Å². The summed E-state index contributed by atoms with van der Waals surface area (Å²) in [6.07, 6.45) is 5.53. The van der Waals surface area contributed by atoms with Crippen LogP contribution in [0.4, 0.5) is 0 Å². The first-order chi connectivity index (χ1) is 15.9. The van der Waals surface area contributed by atoms with E-state index in [0.717, 1.165) is 28.8 Å². The van der Waals surface area contributed by atoms with Gasteiger partial charge in [0.1, 0.15) is 4.83 Å². The largest absolute Gasteiger partial charge is 0.352 e. The molecule has 2 atom stereocenters. The van der Waals surface area contributed by atoms with Crippen molar-refractivity contribution >= 4 is 39.2 Å². The fourth-order valence-electron chi connectivity index (χ4n) is 4.62. The Morgan fingerprint density at radius 3 is 2.64 bits per heavy atom. The fourth-order valence-corrected chi connectivity index (χ4v) is 6.58. The van der Waals surface area contributed by atoms with Gasteiger partial charge in [-0.2, -0.15) is 0 Å². The van der Waals surface area contributed by atoms with Crippen molar-refractivity contribution in [3.05, 3.63) is 56.2 Å². The zero-order valence-electron chi connectivity index (χ0n) is 19.9. The van der Waals surface area contributed by atoms with Gasteiger partial charge in [0.05, 0.1) is 17.7 Å². The third kappa shape index (κ3) is 5.35. The van der Waals surface area contributed by atoms with Crippen molar-refractivity contribution in [2.24, 2.45) is 5.92 Å². The van der Waals surface area contributed by atoms with Crippen LogP contribution < -0.4 is 10.9 Å². The standard InChI is InChI=1S/C26H33N3O2S2/c1-5-21-18(4)23-24(33-21)28-26(29(25(23)31)14-19-12-10-16(2)11-13-19)32-15-22(30)27-20-9-7-6-8-17(20)3/h10-13,17,20H,5-9,14-15H2,1-4H3,(H,27,30). The van der Waals surface area contributed by atoms with Crippen LogP contribution in [0.25, 0.3) is 10.2 Å². The summed E-state index contributed by atoms with van der Waals surface area (Å²) in [5.74, 6) is 0.801. The minimum atomic E-state index is -0.0159. The molecule has 1 aliphatic rings. The van der Waals surface area contributed by atoms with E-state index in [4.69, 9.17) is 4.98 Å². The number of benzene rings is 1. The van der Waals surface area contributed by atoms with Gasteiger partial charge < -0.3 is 5.32 Å². The van der Waals surface area contributed by atoms with Crippen LogP contribution in [-0.2, 0) is 17.8 Å². The second-order valence-electron chi connectivity index (χ2n) is 9.18. The first-order valence-corrected chi connectivity index (χ1v) is 13.7. The zero-order valence-corrected chi connectivity index (χ0v) is 21.6. The minimum Gasteiger partial charge on any atom is -0.352 e. The van der Waals surface area contributed by atoms with Crippen LogP contribution in [0.15, 0.2) is 34.2 Å². The Morgan fingerprint density at radius 1 is 1.21 bits per heavy atom. The van der Waals surface area contributed by atoms with Crippen molar-refractivity contribution in [1.82, 2.24) is 14.9 Å². The molecule has 0 radical (unpaired) electrons. The molecule has 4 rings (SSSR count). The molecule has 0 spiro atoms. The molecule has 0 bridgehead atoms. The summed E-state index contributed by atoms with van der Waals surface area (Å²) in [6.45, 7) is 8.84. The molecule has 1 fully saturated rings. The van der Waals surface area contributed by atoms with Crippen LogP contribution in [0.5, 0.6) is 0 Å². The van der Waals surface area contributed by atoms with Gasteiger partial charge in [-0.15, -0.1) is 11.3 Å². The molecule has 176 valence electrons. The number of hydrogen-bond acceptors (Lipinski definition) is 5. The predicted octanol–water partition coefficient (Wildman–Crippen LogP) is 5.47. The molecule has 3 aromatic rings. The smallest absolute Gasteiger partial charge is 0.263 e. The Labute approximate surface area is 204 Å². The SMILES string of the molecule is CCc1sc2nc(SCC(=O)NC3CCCCC3C)n(Cc3ccc(C)cc3)c(=O)c2c1C. The predicted molar refractivity (Wildman–Crippen MR) is 139 cm³/mol. The van der Waals surface area contributed by atoms with E-state index < -0.39 is 0 Å². The number of thiophene rings is 1. The Hall–Kier alpha value is -2.12. The lowest BCUT2D eigenvalue weighted by molar-refractivity contribution is -0.119. The summed E-state index contributed by atoms with van der Waals surface area (Å²) < 4.78 is 1.74. The number of thioether (sulfide) groups is 1. The molecule has 1 aliphatic carbocycles. The molecule has 33 heavy (non-hydrogen) atoms. The molecule has 1 aromatic carbocycles. The number of nitrogens with zero attached hydrogens (tertiary/aromatic N) is 2. The molecule has 2 unspecified atom stereocenters. The van der Waals surface area contributed by atoms with Gasteiger partial charge in [-0.1, -0.05) is 68.3 Å². The average Bonchev–Trinajstić information content (AvgIpc) is 3.13. The van der Waals surface area contributed by atoms with Gasteiger partial charge in [0, 0.05) is 10.9 Å². The topological polar surface area (TPSA) is 64.0 Å². The summed E-state index contributed by atoms with van der Waals surface area (Å²) in [5.41, 5.74) is 3.25. The van der Waals surface area contributed by atoms with Gasteiger partial charge >= 0.3 is 0 Å². The van der Waals surface area contributed by atoms with E-state index >= 15 is 0 Å². The van der Waals surface area contributed by atoms with Crippen LogP contribution >= 0.6 is 23.1 Å². The number of aryl methyl sites for hydroxylation is 3. The highest BCUT2D eigenvalue weighted by atomic mass is 32.2. The van der Waals surface area contributed by atoms with Crippen molar-refractivity contribution in [3.63, 3.8) is 0 Å². The average molecular weight is 484 g/mol. The monoisotopic (exact) mass is 483 g/mol. The minimum absolute atomic E-state index is 0.0159. The van der Waals surface area contributed by atoms with Gasteiger partial charge in [-0.05, 0) is 50.2 Å². The van der Waals surface area contributed by atoms with Gasteiger partial charge in [-0.3, -0.25) is 14.2 Å². The van der Waals surface area contributed by atoms with Crippen molar-refractivity contribution in [3.8, 4) is 0 Å². The fraction of sp³-hybridized carbons (Fsp3) is 0.500. The first kappa shape index (κ1) is 24.0.